The highest BCUT2D eigenvalue weighted by atomic mass is 16.3. The van der Waals surface area contributed by atoms with Crippen molar-refractivity contribution >= 4 is 39.0 Å². The third-order valence-electron chi connectivity index (χ3n) is 12.6. The first kappa shape index (κ1) is 32.8. The molecule has 8 aromatic carbocycles. The summed E-state index contributed by atoms with van der Waals surface area (Å²) in [5.74, 6) is 0. The molecule has 0 fully saturated rings. The molecule has 2 heteroatoms. The van der Waals surface area contributed by atoms with Crippen molar-refractivity contribution in [2.24, 2.45) is 0 Å². The minimum Gasteiger partial charge on any atom is -0.453 e. The number of benzene rings is 8. The Labute approximate surface area is 328 Å². The van der Waals surface area contributed by atoms with Crippen molar-refractivity contribution in [1.82, 2.24) is 0 Å². The molecule has 56 heavy (non-hydrogen) atoms. The van der Waals surface area contributed by atoms with E-state index in [1.54, 1.807) is 0 Å². The summed E-state index contributed by atoms with van der Waals surface area (Å²) in [5, 5.41) is 2.25. The first-order valence-corrected chi connectivity index (χ1v) is 19.7. The quantitative estimate of drug-likeness (QED) is 0.176. The molecular weight excluding hydrogens is 679 g/mol. The largest absolute Gasteiger partial charge is 0.453 e. The van der Waals surface area contributed by atoms with E-state index in [9.17, 15) is 0 Å². The molecule has 0 N–H and O–H groups in total. The van der Waals surface area contributed by atoms with Gasteiger partial charge in [-0.1, -0.05) is 173 Å². The van der Waals surface area contributed by atoms with Gasteiger partial charge in [-0.3, -0.25) is 0 Å². The maximum atomic E-state index is 7.32. The molecule has 0 bridgehead atoms. The first-order chi connectivity index (χ1) is 27.3. The second-order valence-corrected chi connectivity index (χ2v) is 16.5. The molecule has 0 unspecified atom stereocenters. The highest BCUT2D eigenvalue weighted by molar-refractivity contribution is 6.15. The molecule has 2 aliphatic carbocycles. The molecule has 268 valence electrons. The topological polar surface area (TPSA) is 16.4 Å². The molecule has 0 saturated carbocycles. The van der Waals surface area contributed by atoms with E-state index in [4.69, 9.17) is 4.42 Å². The van der Waals surface area contributed by atoms with Gasteiger partial charge in [0.25, 0.3) is 0 Å². The Kier molecular flexibility index (Phi) is 6.98. The fourth-order valence-electron chi connectivity index (χ4n) is 9.87. The van der Waals surface area contributed by atoms with E-state index in [1.165, 1.54) is 55.6 Å². The third kappa shape index (κ3) is 4.62. The Hall–Kier alpha value is -6.64. The fraction of sp³-hybridized carbons (Fsp3) is 0.111. The SMILES string of the molecule is CC1(C)c2ccccc2-c2c(N(c3cc(-c4ccccc4)cc(-c4ccccc4)c3)c3cccc4c3oc3c5c(ccc34)C(C)(C)c3ccccc3-5)cccc21. The minimum absolute atomic E-state index is 0.121. The Morgan fingerprint density at radius 2 is 0.875 bits per heavy atom. The Morgan fingerprint density at radius 3 is 1.52 bits per heavy atom. The van der Waals surface area contributed by atoms with Crippen LogP contribution >= 0.6 is 0 Å². The number of anilines is 3. The Balaban J connectivity index is 1.24. The number of rotatable bonds is 5. The van der Waals surface area contributed by atoms with Crippen LogP contribution in [0.25, 0.3) is 66.4 Å². The molecule has 1 heterocycles. The predicted octanol–water partition coefficient (Wildman–Crippen LogP) is 15.0. The summed E-state index contributed by atoms with van der Waals surface area (Å²) in [7, 11) is 0. The van der Waals surface area contributed by atoms with Crippen LogP contribution in [0.1, 0.15) is 49.9 Å². The lowest BCUT2D eigenvalue weighted by Crippen LogP contribution is -2.16. The summed E-state index contributed by atoms with van der Waals surface area (Å²) in [4.78, 5) is 2.47. The van der Waals surface area contributed by atoms with Crippen molar-refractivity contribution in [3.05, 3.63) is 198 Å². The molecule has 1 aromatic heterocycles. The number of para-hydroxylation sites is 1. The van der Waals surface area contributed by atoms with Crippen molar-refractivity contribution in [1.29, 1.82) is 0 Å². The third-order valence-corrected chi connectivity index (χ3v) is 12.6. The number of fused-ring (bicyclic) bond motifs is 10. The number of furan rings is 1. The average molecular weight is 720 g/mol. The van der Waals surface area contributed by atoms with Gasteiger partial charge in [-0.15, -0.1) is 0 Å². The van der Waals surface area contributed by atoms with Crippen molar-refractivity contribution in [3.63, 3.8) is 0 Å². The van der Waals surface area contributed by atoms with E-state index < -0.39 is 0 Å². The van der Waals surface area contributed by atoms with Crippen LogP contribution in [0.5, 0.6) is 0 Å². The normalized spacial score (nSPS) is 14.4. The van der Waals surface area contributed by atoms with E-state index >= 15 is 0 Å². The van der Waals surface area contributed by atoms with E-state index in [0.29, 0.717) is 0 Å². The van der Waals surface area contributed by atoms with Gasteiger partial charge in [0.05, 0.1) is 11.4 Å². The molecule has 11 rings (SSSR count). The lowest BCUT2D eigenvalue weighted by molar-refractivity contribution is 0.653. The molecule has 0 saturated heterocycles. The van der Waals surface area contributed by atoms with Gasteiger partial charge >= 0.3 is 0 Å². The second-order valence-electron chi connectivity index (χ2n) is 16.5. The van der Waals surface area contributed by atoms with Crippen molar-refractivity contribution in [2.45, 2.75) is 38.5 Å². The lowest BCUT2D eigenvalue weighted by Gasteiger charge is -2.29. The summed E-state index contributed by atoms with van der Waals surface area (Å²) in [6.45, 7) is 9.38. The van der Waals surface area contributed by atoms with Crippen molar-refractivity contribution < 1.29 is 4.42 Å². The van der Waals surface area contributed by atoms with Crippen molar-refractivity contribution in [2.75, 3.05) is 4.90 Å². The molecule has 0 spiro atoms. The number of hydrogen-bond acceptors (Lipinski definition) is 2. The summed E-state index contributed by atoms with van der Waals surface area (Å²) < 4.78 is 7.32. The minimum atomic E-state index is -0.152. The summed E-state index contributed by atoms with van der Waals surface area (Å²) in [6, 6.07) is 64.4. The maximum absolute atomic E-state index is 7.32. The average Bonchev–Trinajstić information content (AvgIpc) is 3.82. The van der Waals surface area contributed by atoms with Crippen LogP contribution in [0.2, 0.25) is 0 Å². The van der Waals surface area contributed by atoms with Crippen LogP contribution in [0.4, 0.5) is 17.1 Å². The van der Waals surface area contributed by atoms with Crippen LogP contribution in [0.3, 0.4) is 0 Å². The molecule has 9 aromatic rings. The zero-order valence-electron chi connectivity index (χ0n) is 32.1. The zero-order valence-corrected chi connectivity index (χ0v) is 32.1. The van der Waals surface area contributed by atoms with Gasteiger partial charge in [0, 0.05) is 38.4 Å². The van der Waals surface area contributed by atoms with E-state index in [1.807, 2.05) is 0 Å². The fourth-order valence-corrected chi connectivity index (χ4v) is 9.87. The molecular formula is C54H41NO. The number of hydrogen-bond donors (Lipinski definition) is 0. The van der Waals surface area contributed by atoms with Crippen LogP contribution in [0.15, 0.2) is 180 Å². The van der Waals surface area contributed by atoms with Gasteiger partial charge in [0.15, 0.2) is 5.58 Å². The zero-order chi connectivity index (χ0) is 37.8. The van der Waals surface area contributed by atoms with E-state index in [2.05, 4.69) is 209 Å². The van der Waals surface area contributed by atoms with E-state index in [0.717, 1.165) is 50.1 Å². The number of nitrogens with zero attached hydrogens (tertiary/aromatic N) is 1. The maximum Gasteiger partial charge on any atom is 0.159 e. The van der Waals surface area contributed by atoms with Crippen LogP contribution in [-0.2, 0) is 10.8 Å². The summed E-state index contributed by atoms with van der Waals surface area (Å²) >= 11 is 0. The molecule has 2 nitrogen and oxygen atoms in total. The van der Waals surface area contributed by atoms with E-state index in [-0.39, 0.29) is 10.8 Å². The van der Waals surface area contributed by atoms with Crippen molar-refractivity contribution in [3.8, 4) is 44.5 Å². The Bertz CT molecular complexity index is 2960. The smallest absolute Gasteiger partial charge is 0.159 e. The van der Waals surface area contributed by atoms with Gasteiger partial charge in [-0.25, -0.2) is 0 Å². The van der Waals surface area contributed by atoms with Gasteiger partial charge in [0.2, 0.25) is 0 Å². The highest BCUT2D eigenvalue weighted by Crippen LogP contribution is 2.57. The van der Waals surface area contributed by atoms with Crippen LogP contribution in [-0.4, -0.2) is 0 Å². The van der Waals surface area contributed by atoms with Gasteiger partial charge in [-0.2, -0.15) is 0 Å². The molecule has 2 aliphatic rings. The highest BCUT2D eigenvalue weighted by Gasteiger charge is 2.39. The van der Waals surface area contributed by atoms with Gasteiger partial charge in [-0.05, 0) is 86.0 Å². The lowest BCUT2D eigenvalue weighted by atomic mass is 9.82. The first-order valence-electron chi connectivity index (χ1n) is 19.7. The van der Waals surface area contributed by atoms with Crippen LogP contribution in [0, 0.1) is 0 Å². The molecule has 0 atom stereocenters. The molecule has 0 amide bonds. The van der Waals surface area contributed by atoms with Crippen LogP contribution < -0.4 is 4.90 Å². The monoisotopic (exact) mass is 719 g/mol. The van der Waals surface area contributed by atoms with Gasteiger partial charge in [0.1, 0.15) is 5.58 Å². The Morgan fingerprint density at radius 1 is 0.375 bits per heavy atom. The second kappa shape index (κ2) is 11.9. The predicted molar refractivity (Wildman–Crippen MR) is 234 cm³/mol. The molecule has 0 radical (unpaired) electrons. The molecule has 0 aliphatic heterocycles. The standard InChI is InChI=1S/C54H41NO/c1-53(2)43-24-13-11-21-41(43)49-45(53)26-16-27-47(49)55(38-32-36(34-17-7-5-8-18-34)31-37(33-38)35-19-9-6-10-20-35)48-28-15-23-39-40-29-30-46-50(52(40)56-51(39)48)42-22-12-14-25-44(42)54(46,3)4/h5-33H,1-4H3. The summed E-state index contributed by atoms with van der Waals surface area (Å²) in [5.41, 5.74) is 19.8. The summed E-state index contributed by atoms with van der Waals surface area (Å²) in [6.07, 6.45) is 0. The van der Waals surface area contributed by atoms with Gasteiger partial charge < -0.3 is 9.32 Å².